The van der Waals surface area contributed by atoms with Crippen molar-refractivity contribution in [3.05, 3.63) is 34.9 Å². The summed E-state index contributed by atoms with van der Waals surface area (Å²) in [5, 5.41) is 11.0. The molecule has 1 unspecified atom stereocenters. The highest BCUT2D eigenvalue weighted by atomic mass is 35.5. The first-order chi connectivity index (χ1) is 14.3. The molecule has 166 valence electrons. The molecule has 0 aromatic heterocycles. The van der Waals surface area contributed by atoms with E-state index in [-0.39, 0.29) is 43.2 Å². The molecule has 2 fully saturated rings. The molecule has 3 aliphatic heterocycles. The van der Waals surface area contributed by atoms with Gasteiger partial charge in [0.1, 0.15) is 6.04 Å². The normalized spacial score (nSPS) is 22.2. The van der Waals surface area contributed by atoms with Crippen molar-refractivity contribution >= 4 is 42.0 Å². The van der Waals surface area contributed by atoms with Crippen molar-refractivity contribution in [1.29, 1.82) is 0 Å². The molecule has 4 rings (SSSR count). The van der Waals surface area contributed by atoms with Gasteiger partial charge in [0.05, 0.1) is 17.5 Å². The second-order valence-electron chi connectivity index (χ2n) is 8.01. The molecular formula is C21H24ClN3O6. The van der Waals surface area contributed by atoms with Crippen molar-refractivity contribution in [2.45, 2.75) is 44.1 Å². The largest absolute Gasteiger partial charge is 0.481 e. The van der Waals surface area contributed by atoms with Crippen LogP contribution < -0.4 is 5.32 Å². The van der Waals surface area contributed by atoms with Crippen molar-refractivity contribution in [2.75, 3.05) is 19.6 Å². The molecule has 0 saturated carbocycles. The lowest BCUT2D eigenvalue weighted by Gasteiger charge is -2.31. The highest BCUT2D eigenvalue weighted by molar-refractivity contribution is 6.23. The number of hydrogen-bond donors (Lipinski definition) is 2. The standard InChI is InChI=1S/C21H23N3O6.ClH/c25-17-4-3-16(19(28)22-17)24-20(29)14-2-1-13(11-15(14)21(24)30)12-5-8-23(9-6-12)10-7-18(26)27;/h1-2,11-12,16H,3-10H2,(H,26,27)(H,22,25,28);1H. The van der Waals surface area contributed by atoms with Gasteiger partial charge in [-0.25, -0.2) is 0 Å². The Labute approximate surface area is 185 Å². The van der Waals surface area contributed by atoms with E-state index in [9.17, 15) is 24.0 Å². The van der Waals surface area contributed by atoms with Crippen LogP contribution in [0.15, 0.2) is 18.2 Å². The number of aliphatic carboxylic acids is 1. The van der Waals surface area contributed by atoms with E-state index in [4.69, 9.17) is 5.11 Å². The number of imide groups is 2. The summed E-state index contributed by atoms with van der Waals surface area (Å²) in [6.07, 6.45) is 2.04. The fourth-order valence-corrected chi connectivity index (χ4v) is 4.49. The lowest BCUT2D eigenvalue weighted by Crippen LogP contribution is -2.54. The van der Waals surface area contributed by atoms with E-state index in [1.807, 2.05) is 6.07 Å². The summed E-state index contributed by atoms with van der Waals surface area (Å²) < 4.78 is 0. The smallest absolute Gasteiger partial charge is 0.304 e. The molecule has 2 saturated heterocycles. The van der Waals surface area contributed by atoms with Gasteiger partial charge >= 0.3 is 5.97 Å². The summed E-state index contributed by atoms with van der Waals surface area (Å²) in [6.45, 7) is 2.09. The van der Waals surface area contributed by atoms with Gasteiger partial charge in [-0.05, 0) is 56.0 Å². The lowest BCUT2D eigenvalue weighted by atomic mass is 9.88. The first-order valence-electron chi connectivity index (χ1n) is 10.1. The quantitative estimate of drug-likeness (QED) is 0.646. The fourth-order valence-electron chi connectivity index (χ4n) is 4.49. The number of carboxylic acids is 1. The fraction of sp³-hybridized carbons (Fsp3) is 0.476. The Morgan fingerprint density at radius 2 is 1.71 bits per heavy atom. The molecule has 0 bridgehead atoms. The molecule has 9 nitrogen and oxygen atoms in total. The predicted molar refractivity (Wildman–Crippen MR) is 111 cm³/mol. The van der Waals surface area contributed by atoms with E-state index in [1.54, 1.807) is 12.1 Å². The third-order valence-corrected chi connectivity index (χ3v) is 6.16. The van der Waals surface area contributed by atoms with Gasteiger partial charge in [-0.2, -0.15) is 0 Å². The van der Waals surface area contributed by atoms with Crippen molar-refractivity contribution in [2.24, 2.45) is 0 Å². The molecule has 1 aromatic rings. The van der Waals surface area contributed by atoms with Crippen LogP contribution in [0.3, 0.4) is 0 Å². The molecule has 2 N–H and O–H groups in total. The van der Waals surface area contributed by atoms with Crippen LogP contribution in [0.4, 0.5) is 0 Å². The average Bonchev–Trinajstić information content (AvgIpc) is 2.97. The topological polar surface area (TPSA) is 124 Å². The maximum atomic E-state index is 12.9. The molecule has 31 heavy (non-hydrogen) atoms. The Morgan fingerprint density at radius 3 is 2.35 bits per heavy atom. The zero-order chi connectivity index (χ0) is 21.4. The number of rotatable bonds is 5. The highest BCUT2D eigenvalue weighted by Gasteiger charge is 2.44. The number of carbonyl (C=O) groups is 5. The van der Waals surface area contributed by atoms with Crippen LogP contribution >= 0.6 is 12.4 Å². The summed E-state index contributed by atoms with van der Waals surface area (Å²) in [4.78, 5) is 63.1. The molecule has 0 radical (unpaired) electrons. The molecule has 3 heterocycles. The maximum absolute atomic E-state index is 12.9. The zero-order valence-corrected chi connectivity index (χ0v) is 17.7. The number of nitrogens with zero attached hydrogens (tertiary/aromatic N) is 2. The molecule has 0 aliphatic carbocycles. The summed E-state index contributed by atoms with van der Waals surface area (Å²) in [5.74, 6) is -2.59. The Morgan fingerprint density at radius 1 is 1.03 bits per heavy atom. The van der Waals surface area contributed by atoms with Crippen LogP contribution in [0.2, 0.25) is 0 Å². The van der Waals surface area contributed by atoms with Gasteiger partial charge in [-0.15, -0.1) is 12.4 Å². The van der Waals surface area contributed by atoms with Gasteiger partial charge in [-0.3, -0.25) is 34.2 Å². The molecule has 10 heteroatoms. The zero-order valence-electron chi connectivity index (χ0n) is 16.8. The van der Waals surface area contributed by atoms with E-state index >= 15 is 0 Å². The van der Waals surface area contributed by atoms with Crippen molar-refractivity contribution in [3.8, 4) is 0 Å². The lowest BCUT2D eigenvalue weighted by molar-refractivity contribution is -0.138. The first-order valence-corrected chi connectivity index (χ1v) is 10.1. The van der Waals surface area contributed by atoms with Crippen molar-refractivity contribution < 1.29 is 29.1 Å². The van der Waals surface area contributed by atoms with E-state index in [0.717, 1.165) is 36.4 Å². The number of fused-ring (bicyclic) bond motifs is 1. The second kappa shape index (κ2) is 9.15. The van der Waals surface area contributed by atoms with Gasteiger partial charge in [-0.1, -0.05) is 6.07 Å². The third kappa shape index (κ3) is 4.47. The number of halogens is 1. The number of amides is 4. The number of carbonyl (C=O) groups excluding carboxylic acids is 4. The SMILES string of the molecule is Cl.O=C(O)CCN1CCC(c2ccc3c(c2)C(=O)N(C2CCC(=O)NC2=O)C3=O)CC1. The van der Waals surface area contributed by atoms with Crippen LogP contribution in [0.1, 0.15) is 64.3 Å². The van der Waals surface area contributed by atoms with Crippen LogP contribution in [0, 0.1) is 0 Å². The molecule has 4 amide bonds. The Hall–Kier alpha value is -2.78. The minimum absolute atomic E-state index is 0. The Bertz CT molecular complexity index is 941. The highest BCUT2D eigenvalue weighted by Crippen LogP contribution is 2.33. The summed E-state index contributed by atoms with van der Waals surface area (Å²) in [6, 6.07) is 4.29. The summed E-state index contributed by atoms with van der Waals surface area (Å²) in [5.41, 5.74) is 1.56. The molecular weight excluding hydrogens is 426 g/mol. The van der Waals surface area contributed by atoms with Gasteiger partial charge in [0.25, 0.3) is 11.8 Å². The third-order valence-electron chi connectivity index (χ3n) is 6.16. The van der Waals surface area contributed by atoms with E-state index in [2.05, 4.69) is 10.2 Å². The molecule has 3 aliphatic rings. The minimum Gasteiger partial charge on any atom is -0.481 e. The van der Waals surface area contributed by atoms with E-state index in [0.29, 0.717) is 12.1 Å². The van der Waals surface area contributed by atoms with Crippen LogP contribution in [0.5, 0.6) is 0 Å². The van der Waals surface area contributed by atoms with Crippen LogP contribution in [-0.4, -0.2) is 70.2 Å². The summed E-state index contributed by atoms with van der Waals surface area (Å²) >= 11 is 0. The van der Waals surface area contributed by atoms with Crippen molar-refractivity contribution in [3.63, 3.8) is 0 Å². The number of nitrogens with one attached hydrogen (secondary N) is 1. The Balaban J connectivity index is 0.00000272. The molecule has 1 atom stereocenters. The maximum Gasteiger partial charge on any atom is 0.304 e. The van der Waals surface area contributed by atoms with Gasteiger partial charge in [0, 0.05) is 13.0 Å². The van der Waals surface area contributed by atoms with Gasteiger partial charge in [0.2, 0.25) is 11.8 Å². The van der Waals surface area contributed by atoms with Crippen LogP contribution in [-0.2, 0) is 14.4 Å². The number of hydrogen-bond acceptors (Lipinski definition) is 6. The monoisotopic (exact) mass is 449 g/mol. The van der Waals surface area contributed by atoms with E-state index in [1.165, 1.54) is 0 Å². The predicted octanol–water partition coefficient (Wildman–Crippen LogP) is 1.16. The summed E-state index contributed by atoms with van der Waals surface area (Å²) in [7, 11) is 0. The van der Waals surface area contributed by atoms with Gasteiger partial charge in [0.15, 0.2) is 0 Å². The van der Waals surface area contributed by atoms with E-state index < -0.39 is 35.6 Å². The molecule has 1 aromatic carbocycles. The number of carboxylic acid groups (broad SMARTS) is 1. The molecule has 0 spiro atoms. The minimum atomic E-state index is -0.962. The number of piperidine rings is 2. The van der Waals surface area contributed by atoms with Gasteiger partial charge < -0.3 is 10.0 Å². The average molecular weight is 450 g/mol. The number of benzene rings is 1. The Kier molecular flexibility index (Phi) is 6.76. The number of likely N-dealkylation sites (tertiary alicyclic amines) is 1. The van der Waals surface area contributed by atoms with Crippen LogP contribution in [0.25, 0.3) is 0 Å². The first kappa shape index (κ1) is 22.9. The van der Waals surface area contributed by atoms with Crippen molar-refractivity contribution in [1.82, 2.24) is 15.1 Å². The second-order valence-corrected chi connectivity index (χ2v) is 8.01.